The summed E-state index contributed by atoms with van der Waals surface area (Å²) in [5.41, 5.74) is 0.218. The lowest BCUT2D eigenvalue weighted by molar-refractivity contribution is 0.253. The first kappa shape index (κ1) is 20.6. The molecule has 10 heteroatoms. The summed E-state index contributed by atoms with van der Waals surface area (Å²) in [6.07, 6.45) is 1.40. The molecule has 3 aromatic rings. The molecule has 0 atom stereocenters. The highest BCUT2D eigenvalue weighted by Crippen LogP contribution is 2.40. The van der Waals surface area contributed by atoms with Gasteiger partial charge in [0.2, 0.25) is 0 Å². The Balaban J connectivity index is 1.88. The molecule has 0 saturated heterocycles. The van der Waals surface area contributed by atoms with Crippen LogP contribution in [0, 0.1) is 5.82 Å². The number of carbonyl (C=O) groups excluding carboxylic acids is 1. The molecule has 31 heavy (non-hydrogen) atoms. The van der Waals surface area contributed by atoms with E-state index in [-0.39, 0.29) is 34.3 Å². The number of halogens is 1. The third-order valence-corrected chi connectivity index (χ3v) is 6.57. The molecular formula is C21H18FN3O5S. The molecular weight excluding hydrogens is 425 g/mol. The van der Waals surface area contributed by atoms with Crippen LogP contribution in [0.25, 0.3) is 0 Å². The number of carbonyl (C=O) groups is 1. The molecule has 2 heterocycles. The maximum atomic E-state index is 14.2. The highest BCUT2D eigenvalue weighted by atomic mass is 32.2. The number of hydrogen-bond acceptors (Lipinski definition) is 6. The molecule has 0 aliphatic carbocycles. The van der Waals surface area contributed by atoms with Gasteiger partial charge in [-0.1, -0.05) is 12.1 Å². The quantitative estimate of drug-likeness (QED) is 0.599. The number of ether oxygens (including phenoxy) is 2. The van der Waals surface area contributed by atoms with Crippen LogP contribution in [0.4, 0.5) is 20.6 Å². The van der Waals surface area contributed by atoms with E-state index in [2.05, 4.69) is 4.98 Å². The van der Waals surface area contributed by atoms with Gasteiger partial charge >= 0.3 is 6.03 Å². The molecule has 160 valence electrons. The first-order valence-corrected chi connectivity index (χ1v) is 10.6. The molecule has 2 amide bonds. The van der Waals surface area contributed by atoms with Gasteiger partial charge in [0.05, 0.1) is 37.8 Å². The fourth-order valence-corrected chi connectivity index (χ4v) is 4.93. The minimum atomic E-state index is -4.23. The van der Waals surface area contributed by atoms with Crippen LogP contribution in [0.2, 0.25) is 0 Å². The minimum absolute atomic E-state index is 0.0113. The Hall–Kier alpha value is -3.66. The van der Waals surface area contributed by atoms with Crippen LogP contribution in [0.3, 0.4) is 0 Å². The van der Waals surface area contributed by atoms with Gasteiger partial charge in [-0.2, -0.15) is 4.31 Å². The zero-order valence-corrected chi connectivity index (χ0v) is 17.5. The summed E-state index contributed by atoms with van der Waals surface area (Å²) in [5.74, 6) is 0.0315. The number of benzene rings is 2. The zero-order chi connectivity index (χ0) is 22.2. The Morgan fingerprint density at radius 2 is 1.74 bits per heavy atom. The summed E-state index contributed by atoms with van der Waals surface area (Å²) in [6, 6.07) is 12.2. The second-order valence-electron chi connectivity index (χ2n) is 6.58. The van der Waals surface area contributed by atoms with Gasteiger partial charge in [-0.25, -0.2) is 17.6 Å². The van der Waals surface area contributed by atoms with E-state index >= 15 is 0 Å². The number of aromatic nitrogens is 1. The molecule has 0 unspecified atom stereocenters. The van der Waals surface area contributed by atoms with Crippen molar-refractivity contribution in [3.63, 3.8) is 0 Å². The van der Waals surface area contributed by atoms with E-state index in [1.165, 1.54) is 67.8 Å². The van der Waals surface area contributed by atoms with Crippen LogP contribution >= 0.6 is 0 Å². The maximum Gasteiger partial charge on any atom is 0.343 e. The number of rotatable bonds is 5. The van der Waals surface area contributed by atoms with Crippen molar-refractivity contribution in [1.29, 1.82) is 0 Å². The zero-order valence-electron chi connectivity index (χ0n) is 16.6. The number of sulfonamides is 1. The SMILES string of the molecule is COc1ccc(N2C(=O)N(Cc3ncccc3F)c3ccccc3S2(=O)=O)cc1OC. The molecule has 0 saturated carbocycles. The van der Waals surface area contributed by atoms with E-state index in [4.69, 9.17) is 9.47 Å². The van der Waals surface area contributed by atoms with Crippen molar-refractivity contribution in [3.05, 3.63) is 72.3 Å². The summed E-state index contributed by atoms with van der Waals surface area (Å²) in [7, 11) is -1.39. The van der Waals surface area contributed by atoms with Crippen LogP contribution in [-0.2, 0) is 16.6 Å². The Bertz CT molecular complexity index is 1270. The smallest absolute Gasteiger partial charge is 0.343 e. The second kappa shape index (κ2) is 7.88. The lowest BCUT2D eigenvalue weighted by Gasteiger charge is -2.36. The summed E-state index contributed by atoms with van der Waals surface area (Å²) in [5, 5.41) is 0. The summed E-state index contributed by atoms with van der Waals surface area (Å²) >= 11 is 0. The number of para-hydroxylation sites is 1. The molecule has 0 radical (unpaired) electrons. The maximum absolute atomic E-state index is 14.2. The van der Waals surface area contributed by atoms with Crippen LogP contribution in [0.5, 0.6) is 11.5 Å². The first-order chi connectivity index (χ1) is 14.9. The number of pyridine rings is 1. The summed E-state index contributed by atoms with van der Waals surface area (Å²) in [4.78, 5) is 18.5. The lowest BCUT2D eigenvalue weighted by Crippen LogP contribution is -2.50. The topological polar surface area (TPSA) is 89.0 Å². The average molecular weight is 443 g/mol. The monoisotopic (exact) mass is 443 g/mol. The number of amides is 2. The van der Waals surface area contributed by atoms with Gasteiger partial charge in [0.25, 0.3) is 10.0 Å². The van der Waals surface area contributed by atoms with Crippen LogP contribution in [-0.4, -0.2) is 33.7 Å². The van der Waals surface area contributed by atoms with Crippen molar-refractivity contribution in [2.75, 3.05) is 23.4 Å². The minimum Gasteiger partial charge on any atom is -0.493 e. The number of hydrogen-bond donors (Lipinski definition) is 0. The molecule has 8 nitrogen and oxygen atoms in total. The van der Waals surface area contributed by atoms with Gasteiger partial charge < -0.3 is 9.47 Å². The van der Waals surface area contributed by atoms with Crippen LogP contribution in [0.15, 0.2) is 65.7 Å². The fraction of sp³-hybridized carbons (Fsp3) is 0.143. The van der Waals surface area contributed by atoms with Crippen molar-refractivity contribution in [2.24, 2.45) is 0 Å². The fourth-order valence-electron chi connectivity index (χ4n) is 3.35. The molecule has 4 rings (SSSR count). The summed E-state index contributed by atoms with van der Waals surface area (Å²) < 4.78 is 52.0. The molecule has 1 aliphatic rings. The normalized spacial score (nSPS) is 14.9. The van der Waals surface area contributed by atoms with Gasteiger partial charge in [0, 0.05) is 12.3 Å². The molecule has 0 N–H and O–H groups in total. The first-order valence-electron chi connectivity index (χ1n) is 9.15. The Morgan fingerprint density at radius 1 is 1.00 bits per heavy atom. The molecule has 0 fully saturated rings. The van der Waals surface area contributed by atoms with Gasteiger partial charge in [-0.15, -0.1) is 0 Å². The Kier molecular flexibility index (Phi) is 5.24. The molecule has 2 aromatic carbocycles. The van der Waals surface area contributed by atoms with Crippen molar-refractivity contribution in [3.8, 4) is 11.5 Å². The van der Waals surface area contributed by atoms with E-state index < -0.39 is 21.9 Å². The number of methoxy groups -OCH3 is 2. The largest absolute Gasteiger partial charge is 0.493 e. The van der Waals surface area contributed by atoms with Gasteiger partial charge in [0.1, 0.15) is 10.7 Å². The van der Waals surface area contributed by atoms with Gasteiger partial charge in [-0.3, -0.25) is 9.88 Å². The van der Waals surface area contributed by atoms with Crippen molar-refractivity contribution in [2.45, 2.75) is 11.4 Å². The number of anilines is 2. The third-order valence-electron chi connectivity index (χ3n) is 4.82. The average Bonchev–Trinajstić information content (AvgIpc) is 2.77. The highest BCUT2D eigenvalue weighted by molar-refractivity contribution is 7.94. The highest BCUT2D eigenvalue weighted by Gasteiger charge is 2.43. The summed E-state index contributed by atoms with van der Waals surface area (Å²) in [6.45, 7) is -0.248. The van der Waals surface area contributed by atoms with E-state index in [0.717, 1.165) is 0 Å². The van der Waals surface area contributed by atoms with Gasteiger partial charge in [-0.05, 0) is 36.4 Å². The second-order valence-corrected chi connectivity index (χ2v) is 8.33. The number of nitrogens with zero attached hydrogens (tertiary/aromatic N) is 3. The van der Waals surface area contributed by atoms with Crippen LogP contribution in [0.1, 0.15) is 5.69 Å². The molecule has 0 spiro atoms. The van der Waals surface area contributed by atoms with E-state index in [9.17, 15) is 17.6 Å². The predicted molar refractivity (Wildman–Crippen MR) is 111 cm³/mol. The van der Waals surface area contributed by atoms with Crippen LogP contribution < -0.4 is 18.7 Å². The standard InChI is InChI=1S/C21H18FN3O5S/c1-29-18-10-9-14(12-19(18)30-2)25-21(26)24(13-16-15(22)6-5-11-23-16)17-7-3-4-8-20(17)31(25,27)28/h3-12H,13H2,1-2H3. The van der Waals surface area contributed by atoms with Gasteiger partial charge in [0.15, 0.2) is 11.5 Å². The lowest BCUT2D eigenvalue weighted by atomic mass is 10.2. The predicted octanol–water partition coefficient (Wildman–Crippen LogP) is 3.57. The van der Waals surface area contributed by atoms with E-state index in [1.807, 2.05) is 0 Å². The van der Waals surface area contributed by atoms with E-state index in [0.29, 0.717) is 10.1 Å². The van der Waals surface area contributed by atoms with Crippen molar-refractivity contribution >= 4 is 27.4 Å². The number of urea groups is 1. The Labute approximate surface area is 178 Å². The number of fused-ring (bicyclic) bond motifs is 1. The van der Waals surface area contributed by atoms with E-state index in [1.54, 1.807) is 12.1 Å². The van der Waals surface area contributed by atoms with Crippen molar-refractivity contribution in [1.82, 2.24) is 4.98 Å². The third kappa shape index (κ3) is 3.44. The molecule has 0 bridgehead atoms. The molecule has 1 aromatic heterocycles. The van der Waals surface area contributed by atoms with Crippen molar-refractivity contribution < 1.29 is 27.1 Å². The molecule has 1 aliphatic heterocycles. The Morgan fingerprint density at radius 3 is 2.45 bits per heavy atom.